The average Bonchev–Trinajstić information content (AvgIpc) is 3.30. The summed E-state index contributed by atoms with van der Waals surface area (Å²) in [5.41, 5.74) is 3.17. The van der Waals surface area contributed by atoms with Crippen molar-refractivity contribution in [2.45, 2.75) is 31.7 Å². The van der Waals surface area contributed by atoms with Gasteiger partial charge in [0.1, 0.15) is 12.4 Å². The molecule has 0 aliphatic carbocycles. The third-order valence-electron chi connectivity index (χ3n) is 6.59. The molecule has 5 rings (SSSR count). The molecule has 174 valence electrons. The number of carbonyl (C=O) groups is 1. The van der Waals surface area contributed by atoms with E-state index in [4.69, 9.17) is 9.47 Å². The molecule has 7 heteroatoms. The van der Waals surface area contributed by atoms with Crippen molar-refractivity contribution in [2.75, 3.05) is 50.1 Å². The number of hydrogen-bond acceptors (Lipinski definition) is 5. The first-order valence-corrected chi connectivity index (χ1v) is 11.8. The first kappa shape index (κ1) is 21.8. The Morgan fingerprint density at radius 3 is 2.88 bits per heavy atom. The molecule has 7 nitrogen and oxygen atoms in total. The third kappa shape index (κ3) is 5.15. The minimum Gasteiger partial charge on any atom is -0.489 e. The van der Waals surface area contributed by atoms with E-state index in [1.807, 2.05) is 48.7 Å². The van der Waals surface area contributed by atoms with Crippen LogP contribution in [0, 0.1) is 0 Å². The molecule has 1 amide bonds. The molecule has 1 saturated heterocycles. The molecule has 3 N–H and O–H groups in total. The van der Waals surface area contributed by atoms with Crippen LogP contribution in [0.25, 0.3) is 10.9 Å². The van der Waals surface area contributed by atoms with Gasteiger partial charge in [-0.2, -0.15) is 0 Å². The molecular formula is C26H32N4O3. The van der Waals surface area contributed by atoms with Gasteiger partial charge in [0, 0.05) is 41.4 Å². The lowest BCUT2D eigenvalue weighted by Crippen LogP contribution is -2.44. The van der Waals surface area contributed by atoms with Gasteiger partial charge in [0.2, 0.25) is 0 Å². The van der Waals surface area contributed by atoms with Crippen molar-refractivity contribution in [1.82, 2.24) is 9.88 Å². The van der Waals surface area contributed by atoms with Crippen molar-refractivity contribution in [3.63, 3.8) is 0 Å². The Balaban J connectivity index is 1.19. The van der Waals surface area contributed by atoms with E-state index >= 15 is 0 Å². The second-order valence-electron chi connectivity index (χ2n) is 9.33. The molecule has 2 aliphatic heterocycles. The SMILES string of the molecule is CC1(CCCCN2CCOCC2)COc2ccc(C(=O)Nc3ccc4[nH]ccc4c3)cc2N1. The molecule has 0 saturated carbocycles. The fourth-order valence-electron chi connectivity index (χ4n) is 4.64. The highest BCUT2D eigenvalue weighted by molar-refractivity contribution is 6.06. The smallest absolute Gasteiger partial charge is 0.255 e. The van der Waals surface area contributed by atoms with E-state index in [0.717, 1.165) is 80.1 Å². The fourth-order valence-corrected chi connectivity index (χ4v) is 4.64. The van der Waals surface area contributed by atoms with E-state index < -0.39 is 0 Å². The lowest BCUT2D eigenvalue weighted by Gasteiger charge is -2.37. The Kier molecular flexibility index (Phi) is 6.24. The molecule has 1 atom stereocenters. The summed E-state index contributed by atoms with van der Waals surface area (Å²) in [6.45, 7) is 7.71. The molecule has 0 radical (unpaired) electrons. The van der Waals surface area contributed by atoms with E-state index in [0.29, 0.717) is 12.2 Å². The Morgan fingerprint density at radius 2 is 2.00 bits per heavy atom. The van der Waals surface area contributed by atoms with Crippen LogP contribution in [0.15, 0.2) is 48.7 Å². The maximum Gasteiger partial charge on any atom is 0.255 e. The highest BCUT2D eigenvalue weighted by atomic mass is 16.5. The van der Waals surface area contributed by atoms with Gasteiger partial charge in [0.25, 0.3) is 5.91 Å². The maximum absolute atomic E-state index is 12.9. The van der Waals surface area contributed by atoms with Gasteiger partial charge >= 0.3 is 0 Å². The largest absolute Gasteiger partial charge is 0.489 e. The summed E-state index contributed by atoms with van der Waals surface area (Å²) < 4.78 is 11.5. The zero-order valence-electron chi connectivity index (χ0n) is 19.2. The summed E-state index contributed by atoms with van der Waals surface area (Å²) in [5, 5.41) is 7.72. The van der Waals surface area contributed by atoms with E-state index in [9.17, 15) is 4.79 Å². The second kappa shape index (κ2) is 9.45. The molecule has 1 aromatic heterocycles. The number of benzene rings is 2. The number of hydrogen-bond donors (Lipinski definition) is 3. The van der Waals surface area contributed by atoms with Gasteiger partial charge in [-0.25, -0.2) is 0 Å². The number of nitrogens with zero attached hydrogens (tertiary/aromatic N) is 1. The van der Waals surface area contributed by atoms with Gasteiger partial charge in [-0.15, -0.1) is 0 Å². The number of H-pyrrole nitrogens is 1. The number of ether oxygens (including phenoxy) is 2. The molecular weight excluding hydrogens is 416 g/mol. The summed E-state index contributed by atoms with van der Waals surface area (Å²) in [4.78, 5) is 18.5. The molecule has 3 aromatic rings. The number of rotatable bonds is 7. The molecule has 3 heterocycles. The number of aromatic amines is 1. The van der Waals surface area contributed by atoms with Crippen LogP contribution in [0.5, 0.6) is 5.75 Å². The fraction of sp³-hybridized carbons (Fsp3) is 0.423. The number of fused-ring (bicyclic) bond motifs is 2. The molecule has 0 spiro atoms. The lowest BCUT2D eigenvalue weighted by atomic mass is 9.93. The van der Waals surface area contributed by atoms with Crippen molar-refractivity contribution in [3.05, 3.63) is 54.2 Å². The van der Waals surface area contributed by atoms with Gasteiger partial charge in [0.15, 0.2) is 0 Å². The highest BCUT2D eigenvalue weighted by Gasteiger charge is 2.30. The van der Waals surface area contributed by atoms with Crippen LogP contribution in [0.4, 0.5) is 11.4 Å². The number of amides is 1. The first-order chi connectivity index (χ1) is 16.1. The van der Waals surface area contributed by atoms with Crippen LogP contribution in [0.1, 0.15) is 36.5 Å². The summed E-state index contributed by atoms with van der Waals surface area (Å²) in [6.07, 6.45) is 5.20. The van der Waals surface area contributed by atoms with Crippen LogP contribution in [0.3, 0.4) is 0 Å². The average molecular weight is 449 g/mol. The molecule has 2 aliphatic rings. The molecule has 33 heavy (non-hydrogen) atoms. The van der Waals surface area contributed by atoms with Crippen LogP contribution >= 0.6 is 0 Å². The maximum atomic E-state index is 12.9. The Bertz CT molecular complexity index is 1120. The Hall–Kier alpha value is -3.03. The van der Waals surface area contributed by atoms with Crippen LogP contribution in [-0.2, 0) is 4.74 Å². The van der Waals surface area contributed by atoms with Crippen molar-refractivity contribution in [1.29, 1.82) is 0 Å². The molecule has 1 unspecified atom stereocenters. The van der Waals surface area contributed by atoms with Gasteiger partial charge in [-0.1, -0.05) is 0 Å². The van der Waals surface area contributed by atoms with Gasteiger partial charge in [-0.05, 0) is 75.2 Å². The molecule has 1 fully saturated rings. The predicted molar refractivity (Wildman–Crippen MR) is 131 cm³/mol. The monoisotopic (exact) mass is 448 g/mol. The normalized spacial score (nSPS) is 20.6. The minimum atomic E-state index is -0.146. The van der Waals surface area contributed by atoms with Gasteiger partial charge in [-0.3, -0.25) is 9.69 Å². The van der Waals surface area contributed by atoms with Crippen molar-refractivity contribution < 1.29 is 14.3 Å². The highest BCUT2D eigenvalue weighted by Crippen LogP contribution is 2.35. The quantitative estimate of drug-likeness (QED) is 0.465. The third-order valence-corrected chi connectivity index (χ3v) is 6.59. The summed E-state index contributed by atoms with van der Waals surface area (Å²) >= 11 is 0. The zero-order valence-corrected chi connectivity index (χ0v) is 19.2. The summed E-state index contributed by atoms with van der Waals surface area (Å²) in [5.74, 6) is 0.665. The number of carbonyl (C=O) groups excluding carboxylic acids is 1. The number of aromatic nitrogens is 1. The van der Waals surface area contributed by atoms with E-state index in [2.05, 4.69) is 27.4 Å². The number of anilines is 2. The molecule has 2 aromatic carbocycles. The molecule has 0 bridgehead atoms. The van der Waals surface area contributed by atoms with Crippen molar-refractivity contribution >= 4 is 28.2 Å². The van der Waals surface area contributed by atoms with Crippen molar-refractivity contribution in [2.24, 2.45) is 0 Å². The summed E-state index contributed by atoms with van der Waals surface area (Å²) in [6, 6.07) is 13.4. The topological polar surface area (TPSA) is 78.6 Å². The second-order valence-corrected chi connectivity index (χ2v) is 9.33. The lowest BCUT2D eigenvalue weighted by molar-refractivity contribution is 0.0369. The van der Waals surface area contributed by atoms with E-state index in [1.165, 1.54) is 0 Å². The van der Waals surface area contributed by atoms with Gasteiger partial charge < -0.3 is 25.1 Å². The van der Waals surface area contributed by atoms with E-state index in [-0.39, 0.29) is 11.4 Å². The van der Waals surface area contributed by atoms with E-state index in [1.54, 1.807) is 0 Å². The summed E-state index contributed by atoms with van der Waals surface area (Å²) in [7, 11) is 0. The van der Waals surface area contributed by atoms with Crippen LogP contribution in [-0.4, -0.2) is 60.8 Å². The van der Waals surface area contributed by atoms with Crippen LogP contribution < -0.4 is 15.4 Å². The van der Waals surface area contributed by atoms with Crippen molar-refractivity contribution in [3.8, 4) is 5.75 Å². The van der Waals surface area contributed by atoms with Gasteiger partial charge in [0.05, 0.1) is 24.4 Å². The van der Waals surface area contributed by atoms with Crippen LogP contribution in [0.2, 0.25) is 0 Å². The first-order valence-electron chi connectivity index (χ1n) is 11.8. The zero-order chi connectivity index (χ0) is 22.7. The minimum absolute atomic E-state index is 0.132. The number of unbranched alkanes of at least 4 members (excludes halogenated alkanes) is 1. The Morgan fingerprint density at radius 1 is 1.12 bits per heavy atom. The Labute approximate surface area is 194 Å². The predicted octanol–water partition coefficient (Wildman–Crippen LogP) is 4.49. The number of morpholine rings is 1. The standard InChI is InChI=1S/C26H32N4O3/c1-26(9-2-3-11-30-12-14-32-15-13-30)18-33-24-7-4-20(17-23(24)29-26)25(31)28-21-5-6-22-19(16-21)8-10-27-22/h4-8,10,16-17,27,29H,2-3,9,11-15,18H2,1H3,(H,28,31). The number of nitrogens with one attached hydrogen (secondary N) is 3.